The highest BCUT2D eigenvalue weighted by Gasteiger charge is 2.32. The molecular formula is C19H22N6O2. The summed E-state index contributed by atoms with van der Waals surface area (Å²) in [7, 11) is 0. The van der Waals surface area contributed by atoms with Gasteiger partial charge in [-0.25, -0.2) is 4.68 Å². The van der Waals surface area contributed by atoms with Gasteiger partial charge in [-0.2, -0.15) is 5.10 Å². The van der Waals surface area contributed by atoms with Gasteiger partial charge in [0.15, 0.2) is 0 Å². The van der Waals surface area contributed by atoms with E-state index in [0.29, 0.717) is 26.3 Å². The van der Waals surface area contributed by atoms with Crippen molar-refractivity contribution in [2.24, 2.45) is 0 Å². The molecule has 1 fully saturated rings. The maximum atomic E-state index is 12.3. The largest absolute Gasteiger partial charge is 0.370 e. The van der Waals surface area contributed by atoms with Gasteiger partial charge in [0.05, 0.1) is 31.6 Å². The minimum absolute atomic E-state index is 0.0703. The van der Waals surface area contributed by atoms with Gasteiger partial charge in [0, 0.05) is 19.3 Å². The first kappa shape index (κ1) is 17.4. The number of benzene rings is 1. The summed E-state index contributed by atoms with van der Waals surface area (Å²) in [6, 6.07) is 10.2. The summed E-state index contributed by atoms with van der Waals surface area (Å²) in [5.41, 5.74) is 2.97. The number of aryl methyl sites for hydroxylation is 1. The topological polar surface area (TPSA) is 78.1 Å². The molecule has 0 atom stereocenters. The number of hydrogen-bond acceptors (Lipinski definition) is 5. The van der Waals surface area contributed by atoms with Crippen LogP contribution in [0.25, 0.3) is 0 Å². The Morgan fingerprint density at radius 1 is 1.19 bits per heavy atom. The lowest BCUT2D eigenvalue weighted by atomic mass is 10.1. The molecule has 8 nitrogen and oxygen atoms in total. The van der Waals surface area contributed by atoms with Crippen LogP contribution in [0.2, 0.25) is 0 Å². The van der Waals surface area contributed by atoms with Crippen molar-refractivity contribution in [1.82, 2.24) is 29.7 Å². The molecule has 1 aromatic carbocycles. The molecule has 2 aromatic heterocycles. The molecule has 1 aliphatic heterocycles. The Bertz CT molecular complexity index is 898. The molecule has 0 spiro atoms. The normalized spacial score (nSPS) is 14.3. The second-order valence-corrected chi connectivity index (χ2v) is 6.84. The van der Waals surface area contributed by atoms with Crippen LogP contribution in [0.5, 0.6) is 0 Å². The second-order valence-electron chi connectivity index (χ2n) is 6.84. The van der Waals surface area contributed by atoms with Crippen molar-refractivity contribution in [2.45, 2.75) is 32.7 Å². The molecule has 140 valence electrons. The second kappa shape index (κ2) is 7.71. The number of carbonyl (C=O) groups excluding carboxylic acids is 1. The van der Waals surface area contributed by atoms with Gasteiger partial charge in [0.25, 0.3) is 0 Å². The van der Waals surface area contributed by atoms with Crippen molar-refractivity contribution < 1.29 is 9.53 Å². The molecule has 1 amide bonds. The smallest absolute Gasteiger partial charge is 0.244 e. The van der Waals surface area contributed by atoms with Gasteiger partial charge >= 0.3 is 0 Å². The molecule has 3 heterocycles. The minimum Gasteiger partial charge on any atom is -0.370 e. The molecule has 3 aromatic rings. The zero-order valence-corrected chi connectivity index (χ0v) is 15.2. The zero-order valence-electron chi connectivity index (χ0n) is 15.2. The summed E-state index contributed by atoms with van der Waals surface area (Å²) in [6.45, 7) is 4.49. The van der Waals surface area contributed by atoms with Crippen molar-refractivity contribution in [3.05, 3.63) is 65.7 Å². The van der Waals surface area contributed by atoms with E-state index < -0.39 is 0 Å². The van der Waals surface area contributed by atoms with Crippen LogP contribution in [0.15, 0.2) is 48.9 Å². The van der Waals surface area contributed by atoms with E-state index in [1.807, 2.05) is 59.2 Å². The van der Waals surface area contributed by atoms with E-state index in [0.717, 1.165) is 16.8 Å². The highest BCUT2D eigenvalue weighted by molar-refractivity contribution is 5.76. The summed E-state index contributed by atoms with van der Waals surface area (Å²) in [5.74, 6) is 0.0703. The average molecular weight is 366 g/mol. The quantitative estimate of drug-likeness (QED) is 0.634. The van der Waals surface area contributed by atoms with Gasteiger partial charge in [-0.05, 0) is 18.1 Å². The third-order valence-corrected chi connectivity index (χ3v) is 4.57. The zero-order chi connectivity index (χ0) is 18.6. The van der Waals surface area contributed by atoms with Crippen molar-refractivity contribution >= 4 is 5.91 Å². The number of nitrogens with zero attached hydrogens (tertiary/aromatic N) is 6. The van der Waals surface area contributed by atoms with Crippen molar-refractivity contribution in [1.29, 1.82) is 0 Å². The maximum Gasteiger partial charge on any atom is 0.244 e. The number of ether oxygens (including phenoxy) is 1. The van der Waals surface area contributed by atoms with Crippen LogP contribution in [0, 0.1) is 6.92 Å². The SMILES string of the molecule is Cc1cnn(CC(=O)N2CC(n3cc(COCc4ccccc4)nn3)C2)c1. The Morgan fingerprint density at radius 2 is 2.00 bits per heavy atom. The molecule has 0 radical (unpaired) electrons. The lowest BCUT2D eigenvalue weighted by molar-refractivity contribution is -0.138. The van der Waals surface area contributed by atoms with Crippen LogP contribution in [0.3, 0.4) is 0 Å². The van der Waals surface area contributed by atoms with Crippen LogP contribution in [-0.4, -0.2) is 48.7 Å². The third kappa shape index (κ3) is 4.22. The molecule has 1 aliphatic rings. The molecule has 8 heteroatoms. The molecular weight excluding hydrogens is 344 g/mol. The molecule has 0 bridgehead atoms. The summed E-state index contributed by atoms with van der Waals surface area (Å²) in [6.07, 6.45) is 5.52. The Morgan fingerprint density at radius 3 is 2.74 bits per heavy atom. The highest BCUT2D eigenvalue weighted by Crippen LogP contribution is 2.21. The third-order valence-electron chi connectivity index (χ3n) is 4.57. The fourth-order valence-corrected chi connectivity index (χ4v) is 3.02. The lowest BCUT2D eigenvalue weighted by Gasteiger charge is -2.38. The minimum atomic E-state index is 0.0703. The first-order chi connectivity index (χ1) is 13.2. The van der Waals surface area contributed by atoms with Crippen LogP contribution >= 0.6 is 0 Å². The van der Waals surface area contributed by atoms with Crippen molar-refractivity contribution in [2.75, 3.05) is 13.1 Å². The number of hydrogen-bond donors (Lipinski definition) is 0. The molecule has 0 N–H and O–H groups in total. The Labute approximate surface area is 157 Å². The number of aromatic nitrogens is 5. The van der Waals surface area contributed by atoms with Crippen LogP contribution in [0.1, 0.15) is 22.9 Å². The monoisotopic (exact) mass is 366 g/mol. The highest BCUT2D eigenvalue weighted by atomic mass is 16.5. The maximum absolute atomic E-state index is 12.3. The average Bonchev–Trinajstić information content (AvgIpc) is 3.24. The van der Waals surface area contributed by atoms with Crippen LogP contribution < -0.4 is 0 Å². The first-order valence-electron chi connectivity index (χ1n) is 8.96. The summed E-state index contributed by atoms with van der Waals surface area (Å²) in [4.78, 5) is 14.1. The first-order valence-corrected chi connectivity index (χ1v) is 8.96. The van der Waals surface area contributed by atoms with Gasteiger partial charge in [0.2, 0.25) is 5.91 Å². The van der Waals surface area contributed by atoms with Gasteiger partial charge in [-0.1, -0.05) is 35.5 Å². The van der Waals surface area contributed by atoms with E-state index in [1.165, 1.54) is 0 Å². The van der Waals surface area contributed by atoms with Gasteiger partial charge in [-0.3, -0.25) is 9.48 Å². The predicted octanol–water partition coefficient (Wildman–Crippen LogP) is 1.58. The van der Waals surface area contributed by atoms with Gasteiger partial charge < -0.3 is 9.64 Å². The molecule has 0 aliphatic carbocycles. The molecule has 0 unspecified atom stereocenters. The molecule has 1 saturated heterocycles. The number of likely N-dealkylation sites (tertiary alicyclic amines) is 1. The number of carbonyl (C=O) groups is 1. The summed E-state index contributed by atoms with van der Waals surface area (Å²) >= 11 is 0. The van der Waals surface area contributed by atoms with Crippen molar-refractivity contribution in [3.8, 4) is 0 Å². The molecule has 4 rings (SSSR count). The van der Waals surface area contributed by atoms with Crippen LogP contribution in [0.4, 0.5) is 0 Å². The number of amides is 1. The van der Waals surface area contributed by atoms with E-state index in [-0.39, 0.29) is 18.5 Å². The van der Waals surface area contributed by atoms with E-state index in [2.05, 4.69) is 15.4 Å². The van der Waals surface area contributed by atoms with Crippen molar-refractivity contribution in [3.63, 3.8) is 0 Å². The van der Waals surface area contributed by atoms with E-state index in [9.17, 15) is 4.79 Å². The Balaban J connectivity index is 1.22. The fraction of sp³-hybridized carbons (Fsp3) is 0.368. The number of rotatable bonds is 7. The van der Waals surface area contributed by atoms with E-state index >= 15 is 0 Å². The Kier molecular flexibility index (Phi) is 4.97. The van der Waals surface area contributed by atoms with E-state index in [1.54, 1.807) is 10.9 Å². The van der Waals surface area contributed by atoms with Crippen LogP contribution in [-0.2, 0) is 29.3 Å². The molecule has 0 saturated carbocycles. The van der Waals surface area contributed by atoms with Gasteiger partial charge in [0.1, 0.15) is 12.2 Å². The fourth-order valence-electron chi connectivity index (χ4n) is 3.02. The predicted molar refractivity (Wildman–Crippen MR) is 97.5 cm³/mol. The van der Waals surface area contributed by atoms with E-state index in [4.69, 9.17) is 4.74 Å². The summed E-state index contributed by atoms with van der Waals surface area (Å²) in [5, 5.41) is 12.5. The Hall–Kier alpha value is -3.00. The van der Waals surface area contributed by atoms with Gasteiger partial charge in [-0.15, -0.1) is 5.10 Å². The standard InChI is InChI=1S/C19H22N6O2/c1-15-7-20-24(8-15)12-19(26)23-10-18(11-23)25-9-17(21-22-25)14-27-13-16-5-3-2-4-6-16/h2-9,18H,10-14H2,1H3. The lowest BCUT2D eigenvalue weighted by Crippen LogP contribution is -2.51. The molecule has 27 heavy (non-hydrogen) atoms. The summed E-state index contributed by atoms with van der Waals surface area (Å²) < 4.78 is 9.18.